The second-order valence-corrected chi connectivity index (χ2v) is 6.45. The van der Waals surface area contributed by atoms with Gasteiger partial charge in [0.25, 0.3) is 5.91 Å². The van der Waals surface area contributed by atoms with E-state index in [0.29, 0.717) is 18.1 Å². The maximum Gasteiger partial charge on any atom is 0.284 e. The molecule has 4 rings (SSSR count). The molecule has 3 aromatic carbocycles. The maximum absolute atomic E-state index is 12.3. The number of fused-ring (bicyclic) bond motifs is 1. The minimum Gasteiger partial charge on any atom is -0.489 e. The fraction of sp³-hybridized carbons (Fsp3) is 0.130. The molecule has 6 nitrogen and oxygen atoms in total. The fourth-order valence-electron chi connectivity index (χ4n) is 2.82. The minimum atomic E-state index is -0.748. The molecule has 29 heavy (non-hydrogen) atoms. The van der Waals surface area contributed by atoms with Gasteiger partial charge in [-0.15, -0.1) is 0 Å². The Morgan fingerprint density at radius 2 is 1.83 bits per heavy atom. The number of nitrogens with zero attached hydrogens (tertiary/aromatic N) is 1. The number of hydrazone groups is 1. The summed E-state index contributed by atoms with van der Waals surface area (Å²) in [5.74, 6) is 1.54. The van der Waals surface area contributed by atoms with Crippen LogP contribution in [0, 0.1) is 0 Å². The largest absolute Gasteiger partial charge is 0.489 e. The first-order valence-corrected chi connectivity index (χ1v) is 9.26. The van der Waals surface area contributed by atoms with Gasteiger partial charge in [-0.2, -0.15) is 5.10 Å². The van der Waals surface area contributed by atoms with Crippen molar-refractivity contribution in [1.29, 1.82) is 0 Å². The Bertz CT molecular complexity index is 1000. The van der Waals surface area contributed by atoms with Gasteiger partial charge in [-0.1, -0.05) is 54.6 Å². The van der Waals surface area contributed by atoms with Crippen molar-refractivity contribution in [1.82, 2.24) is 5.43 Å². The summed E-state index contributed by atoms with van der Waals surface area (Å²) < 4.78 is 17.0. The predicted molar refractivity (Wildman–Crippen MR) is 109 cm³/mol. The number of amides is 1. The van der Waals surface area contributed by atoms with E-state index in [-0.39, 0.29) is 12.5 Å². The molecule has 0 spiro atoms. The second kappa shape index (κ2) is 8.93. The van der Waals surface area contributed by atoms with Crippen LogP contribution < -0.4 is 19.6 Å². The Hall–Kier alpha value is -3.80. The quantitative estimate of drug-likeness (QED) is 0.518. The number of carbonyl (C=O) groups excluding carboxylic acids is 1. The van der Waals surface area contributed by atoms with Crippen LogP contribution in [-0.4, -0.2) is 24.8 Å². The summed E-state index contributed by atoms with van der Waals surface area (Å²) in [7, 11) is 0. The number of benzene rings is 3. The first-order chi connectivity index (χ1) is 14.3. The van der Waals surface area contributed by atoms with E-state index >= 15 is 0 Å². The van der Waals surface area contributed by atoms with Crippen molar-refractivity contribution in [3.63, 3.8) is 0 Å². The molecular formula is C23H20N2O4. The summed E-state index contributed by atoms with van der Waals surface area (Å²) in [6.45, 7) is 0.625. The zero-order valence-corrected chi connectivity index (χ0v) is 15.7. The van der Waals surface area contributed by atoms with Crippen molar-refractivity contribution in [3.05, 3.63) is 90.0 Å². The molecule has 1 N–H and O–H groups in total. The van der Waals surface area contributed by atoms with Gasteiger partial charge < -0.3 is 14.2 Å². The first-order valence-electron chi connectivity index (χ1n) is 9.26. The van der Waals surface area contributed by atoms with Crippen LogP contribution in [0.3, 0.4) is 0 Å². The van der Waals surface area contributed by atoms with Crippen LogP contribution in [0.4, 0.5) is 0 Å². The summed E-state index contributed by atoms with van der Waals surface area (Å²) >= 11 is 0. The van der Waals surface area contributed by atoms with Crippen molar-refractivity contribution < 1.29 is 19.0 Å². The summed E-state index contributed by atoms with van der Waals surface area (Å²) in [6.07, 6.45) is 0.813. The SMILES string of the molecule is O=C(NN=Cc1cccc(OCc2ccccc2)c1)C1COc2ccccc2O1. The summed E-state index contributed by atoms with van der Waals surface area (Å²) in [5.41, 5.74) is 4.39. The number of ether oxygens (including phenoxy) is 3. The van der Waals surface area contributed by atoms with E-state index in [0.717, 1.165) is 16.9 Å². The average Bonchev–Trinajstić information content (AvgIpc) is 2.78. The number of rotatable bonds is 6. The van der Waals surface area contributed by atoms with Crippen molar-refractivity contribution in [2.75, 3.05) is 6.61 Å². The lowest BCUT2D eigenvalue weighted by Gasteiger charge is -2.24. The Balaban J connectivity index is 1.31. The molecular weight excluding hydrogens is 368 g/mol. The van der Waals surface area contributed by atoms with Crippen LogP contribution in [0.5, 0.6) is 17.2 Å². The van der Waals surface area contributed by atoms with Gasteiger partial charge >= 0.3 is 0 Å². The van der Waals surface area contributed by atoms with Gasteiger partial charge in [0, 0.05) is 0 Å². The Morgan fingerprint density at radius 3 is 2.69 bits per heavy atom. The summed E-state index contributed by atoms with van der Waals surface area (Å²) in [6, 6.07) is 24.7. The number of nitrogens with one attached hydrogen (secondary N) is 1. The van der Waals surface area contributed by atoms with Crippen LogP contribution in [0.2, 0.25) is 0 Å². The highest BCUT2D eigenvalue weighted by Gasteiger charge is 2.26. The second-order valence-electron chi connectivity index (χ2n) is 6.45. The molecule has 1 atom stereocenters. The normalized spacial score (nSPS) is 15.1. The molecule has 1 heterocycles. The van der Waals surface area contributed by atoms with E-state index in [9.17, 15) is 4.79 Å². The number of hydrogen-bond donors (Lipinski definition) is 1. The molecule has 0 aromatic heterocycles. The zero-order valence-electron chi connectivity index (χ0n) is 15.7. The standard InChI is InChI=1S/C23H20N2O4/c26-23(22-16-28-20-11-4-5-12-21(20)29-22)25-24-14-18-9-6-10-19(13-18)27-15-17-7-2-1-3-8-17/h1-14,22H,15-16H2,(H,25,26). The van der Waals surface area contributed by atoms with Gasteiger partial charge in [0.1, 0.15) is 19.0 Å². The van der Waals surface area contributed by atoms with Gasteiger partial charge in [-0.25, -0.2) is 5.43 Å². The topological polar surface area (TPSA) is 69.2 Å². The van der Waals surface area contributed by atoms with E-state index in [1.807, 2.05) is 66.7 Å². The van der Waals surface area contributed by atoms with E-state index in [1.54, 1.807) is 18.3 Å². The average molecular weight is 388 g/mol. The van der Waals surface area contributed by atoms with Gasteiger partial charge in [-0.3, -0.25) is 4.79 Å². The molecule has 6 heteroatoms. The maximum atomic E-state index is 12.3. The highest BCUT2D eigenvalue weighted by atomic mass is 16.6. The van der Waals surface area contributed by atoms with Gasteiger partial charge in [-0.05, 0) is 35.4 Å². The van der Waals surface area contributed by atoms with Gasteiger partial charge in [0.2, 0.25) is 6.10 Å². The van der Waals surface area contributed by atoms with Crippen LogP contribution in [0.15, 0.2) is 84.0 Å². The van der Waals surface area contributed by atoms with E-state index in [1.165, 1.54) is 0 Å². The zero-order chi connectivity index (χ0) is 19.9. The van der Waals surface area contributed by atoms with Crippen molar-refractivity contribution in [2.45, 2.75) is 12.7 Å². The molecule has 1 unspecified atom stereocenters. The molecule has 1 amide bonds. The Labute approximate surface area is 168 Å². The van der Waals surface area contributed by atoms with Crippen molar-refractivity contribution in [3.8, 4) is 17.2 Å². The highest BCUT2D eigenvalue weighted by Crippen LogP contribution is 2.30. The monoisotopic (exact) mass is 388 g/mol. The summed E-state index contributed by atoms with van der Waals surface area (Å²) in [5, 5.41) is 4.02. The molecule has 0 fully saturated rings. The third-order valence-electron chi connectivity index (χ3n) is 4.30. The van der Waals surface area contributed by atoms with Gasteiger partial charge in [0.15, 0.2) is 11.5 Å². The smallest absolute Gasteiger partial charge is 0.284 e. The molecule has 3 aromatic rings. The van der Waals surface area contributed by atoms with Crippen LogP contribution in [-0.2, 0) is 11.4 Å². The van der Waals surface area contributed by atoms with E-state index in [4.69, 9.17) is 14.2 Å². The molecule has 0 saturated heterocycles. The van der Waals surface area contributed by atoms with E-state index < -0.39 is 6.10 Å². The third-order valence-corrected chi connectivity index (χ3v) is 4.30. The molecule has 0 aliphatic carbocycles. The number of para-hydroxylation sites is 2. The highest BCUT2D eigenvalue weighted by molar-refractivity contribution is 5.85. The van der Waals surface area contributed by atoms with Crippen LogP contribution in [0.1, 0.15) is 11.1 Å². The van der Waals surface area contributed by atoms with Crippen molar-refractivity contribution in [2.24, 2.45) is 5.10 Å². The lowest BCUT2D eigenvalue weighted by atomic mass is 10.2. The lowest BCUT2D eigenvalue weighted by molar-refractivity contribution is -0.130. The molecule has 0 radical (unpaired) electrons. The molecule has 1 aliphatic heterocycles. The Kier molecular flexibility index (Phi) is 5.71. The number of carbonyl (C=O) groups is 1. The Morgan fingerprint density at radius 1 is 1.03 bits per heavy atom. The fourth-order valence-corrected chi connectivity index (χ4v) is 2.82. The first kappa shape index (κ1) is 18.6. The number of hydrogen-bond acceptors (Lipinski definition) is 5. The summed E-state index contributed by atoms with van der Waals surface area (Å²) in [4.78, 5) is 12.3. The minimum absolute atomic E-state index is 0.140. The van der Waals surface area contributed by atoms with Crippen molar-refractivity contribution >= 4 is 12.1 Å². The van der Waals surface area contributed by atoms with E-state index in [2.05, 4.69) is 10.5 Å². The third kappa shape index (κ3) is 4.93. The lowest BCUT2D eigenvalue weighted by Crippen LogP contribution is -2.42. The molecule has 146 valence electrons. The molecule has 0 saturated carbocycles. The molecule has 1 aliphatic rings. The van der Waals surface area contributed by atoms with Crippen LogP contribution >= 0.6 is 0 Å². The van der Waals surface area contributed by atoms with Gasteiger partial charge in [0.05, 0.1) is 6.21 Å². The van der Waals surface area contributed by atoms with Crippen LogP contribution in [0.25, 0.3) is 0 Å². The molecule has 0 bridgehead atoms. The predicted octanol–water partition coefficient (Wildman–Crippen LogP) is 3.56.